The third-order valence-corrected chi connectivity index (χ3v) is 8.07. The van der Waals surface area contributed by atoms with Crippen LogP contribution in [0, 0.1) is 17.8 Å². The van der Waals surface area contributed by atoms with Crippen LogP contribution < -0.4 is 16.4 Å². The molecular weight excluding hydrogens is 502 g/mol. The zero-order valence-electron chi connectivity index (χ0n) is 26.3. The number of esters is 1. The molecule has 2 heterocycles. The van der Waals surface area contributed by atoms with Gasteiger partial charge in [-0.2, -0.15) is 0 Å². The fourth-order valence-electron chi connectivity index (χ4n) is 5.50. The molecular formula is C33H57N3O4. The van der Waals surface area contributed by atoms with Gasteiger partial charge in [0.05, 0.1) is 30.2 Å². The first-order valence-electron chi connectivity index (χ1n) is 15.6. The predicted molar refractivity (Wildman–Crippen MR) is 164 cm³/mol. The van der Waals surface area contributed by atoms with E-state index in [0.29, 0.717) is 23.6 Å². The van der Waals surface area contributed by atoms with Crippen molar-refractivity contribution in [3.05, 3.63) is 48.0 Å². The molecule has 228 valence electrons. The van der Waals surface area contributed by atoms with Crippen molar-refractivity contribution >= 4 is 5.97 Å². The number of rotatable bonds is 14. The number of nitrogens with two attached hydrogens (primary N) is 1. The summed E-state index contributed by atoms with van der Waals surface area (Å²) in [6, 6.07) is 0.233. The van der Waals surface area contributed by atoms with E-state index in [1.165, 1.54) is 6.92 Å². The molecule has 7 nitrogen and oxygen atoms in total. The van der Waals surface area contributed by atoms with Gasteiger partial charge in [-0.05, 0) is 94.8 Å². The van der Waals surface area contributed by atoms with Gasteiger partial charge >= 0.3 is 5.97 Å². The van der Waals surface area contributed by atoms with Crippen LogP contribution >= 0.6 is 0 Å². The molecule has 9 atom stereocenters. The minimum atomic E-state index is -0.270. The van der Waals surface area contributed by atoms with Crippen molar-refractivity contribution in [1.29, 1.82) is 0 Å². The molecule has 0 aromatic heterocycles. The molecule has 7 heteroatoms. The van der Waals surface area contributed by atoms with E-state index >= 15 is 0 Å². The standard InChI is InChI=1S/C33H57N3O4/c1-9-12-28(18-17-25(6)38-27(8)37)35-30-20-24(5)31(39-26(30)7)21-23(4)22(3)16-19-29-14-11-15-33(40-29)36-32(34)13-10-2/h12-13,16-19,22-26,29-31,33,35-36H,9-11,14-15,20-21,34H2,1-8H3/b18-17-,19-16+,28-12+,32-13-. The highest BCUT2D eigenvalue weighted by Gasteiger charge is 2.34. The maximum absolute atomic E-state index is 11.2. The van der Waals surface area contributed by atoms with Crippen molar-refractivity contribution in [1.82, 2.24) is 10.6 Å². The largest absolute Gasteiger partial charge is 0.459 e. The van der Waals surface area contributed by atoms with Crippen molar-refractivity contribution in [2.24, 2.45) is 23.5 Å². The van der Waals surface area contributed by atoms with Crippen LogP contribution in [0.3, 0.4) is 0 Å². The van der Waals surface area contributed by atoms with Gasteiger partial charge in [0, 0.05) is 12.6 Å². The summed E-state index contributed by atoms with van der Waals surface area (Å²) in [6.45, 7) is 16.6. The van der Waals surface area contributed by atoms with E-state index in [1.807, 2.05) is 25.2 Å². The van der Waals surface area contributed by atoms with Gasteiger partial charge in [0.2, 0.25) is 0 Å². The van der Waals surface area contributed by atoms with Gasteiger partial charge in [-0.15, -0.1) is 0 Å². The summed E-state index contributed by atoms with van der Waals surface area (Å²) in [5, 5.41) is 6.99. The first kappa shape index (κ1) is 34.0. The fraction of sp³-hybridized carbons (Fsp3) is 0.727. The van der Waals surface area contributed by atoms with Crippen LogP contribution in [0.25, 0.3) is 0 Å². The van der Waals surface area contributed by atoms with Gasteiger partial charge < -0.3 is 30.6 Å². The Morgan fingerprint density at radius 2 is 1.77 bits per heavy atom. The van der Waals surface area contributed by atoms with Crippen molar-refractivity contribution in [3.63, 3.8) is 0 Å². The molecule has 0 radical (unpaired) electrons. The number of nitrogens with one attached hydrogen (secondary N) is 2. The van der Waals surface area contributed by atoms with E-state index in [1.54, 1.807) is 0 Å². The molecule has 2 aliphatic heterocycles. The third kappa shape index (κ3) is 12.1. The Morgan fingerprint density at radius 1 is 1.05 bits per heavy atom. The van der Waals surface area contributed by atoms with Crippen molar-refractivity contribution in [3.8, 4) is 0 Å². The summed E-state index contributed by atoms with van der Waals surface area (Å²) in [4.78, 5) is 11.2. The quantitative estimate of drug-likeness (QED) is 0.127. The lowest BCUT2D eigenvalue weighted by molar-refractivity contribution is -0.143. The lowest BCUT2D eigenvalue weighted by Gasteiger charge is -2.41. The number of hydrogen-bond acceptors (Lipinski definition) is 7. The van der Waals surface area contributed by atoms with E-state index in [0.717, 1.165) is 50.6 Å². The second-order valence-corrected chi connectivity index (χ2v) is 11.8. The third-order valence-electron chi connectivity index (χ3n) is 8.07. The predicted octanol–water partition coefficient (Wildman–Crippen LogP) is 6.47. The van der Waals surface area contributed by atoms with E-state index in [2.05, 4.69) is 70.4 Å². The minimum absolute atomic E-state index is 0.0149. The normalized spacial score (nSPS) is 30.7. The van der Waals surface area contributed by atoms with Gasteiger partial charge in [0.1, 0.15) is 12.3 Å². The topological polar surface area (TPSA) is 94.8 Å². The molecule has 0 amide bonds. The smallest absolute Gasteiger partial charge is 0.303 e. The summed E-state index contributed by atoms with van der Waals surface area (Å²) in [6.07, 6.45) is 20.0. The van der Waals surface area contributed by atoms with Crippen molar-refractivity contribution < 1.29 is 19.0 Å². The Hall–Kier alpha value is -2.25. The molecule has 2 rings (SSSR count). The van der Waals surface area contributed by atoms with Crippen LogP contribution in [0.4, 0.5) is 0 Å². The van der Waals surface area contributed by atoms with Crippen LogP contribution in [0.5, 0.6) is 0 Å². The van der Waals surface area contributed by atoms with Gasteiger partial charge in [0.15, 0.2) is 0 Å². The Kier molecular flexibility index (Phi) is 14.9. The second-order valence-electron chi connectivity index (χ2n) is 11.8. The molecule has 0 bridgehead atoms. The van der Waals surface area contributed by atoms with Crippen LogP contribution in [0.1, 0.15) is 100 Å². The number of ether oxygens (including phenoxy) is 3. The molecule has 0 saturated carbocycles. The van der Waals surface area contributed by atoms with Crippen LogP contribution in [-0.4, -0.2) is 42.7 Å². The van der Waals surface area contributed by atoms with E-state index in [9.17, 15) is 4.79 Å². The average molecular weight is 560 g/mol. The molecule has 4 N–H and O–H groups in total. The molecule has 0 spiro atoms. The van der Waals surface area contributed by atoms with Gasteiger partial charge in [-0.25, -0.2) is 0 Å². The lowest BCUT2D eigenvalue weighted by Crippen LogP contribution is -2.49. The van der Waals surface area contributed by atoms with Crippen LogP contribution in [-0.2, 0) is 19.0 Å². The maximum Gasteiger partial charge on any atom is 0.303 e. The summed E-state index contributed by atoms with van der Waals surface area (Å²) in [7, 11) is 0. The van der Waals surface area contributed by atoms with Crippen LogP contribution in [0.15, 0.2) is 48.0 Å². The molecule has 2 aliphatic rings. The Morgan fingerprint density at radius 3 is 2.45 bits per heavy atom. The fourth-order valence-corrected chi connectivity index (χ4v) is 5.50. The maximum atomic E-state index is 11.2. The molecule has 2 saturated heterocycles. The van der Waals surface area contributed by atoms with Gasteiger partial charge in [-0.1, -0.05) is 52.8 Å². The monoisotopic (exact) mass is 559 g/mol. The molecule has 2 fully saturated rings. The number of carbonyl (C=O) groups is 1. The highest BCUT2D eigenvalue weighted by atomic mass is 16.5. The number of carbonyl (C=O) groups excluding carboxylic acids is 1. The lowest BCUT2D eigenvalue weighted by atomic mass is 9.82. The van der Waals surface area contributed by atoms with E-state index in [-0.39, 0.29) is 42.7 Å². The number of hydrogen-bond donors (Lipinski definition) is 3. The SMILES string of the molecule is CC/C=C(/N)NC1CCCC(/C=C/C(C)C(C)CC2OC(C)C(NC(/C=C\C(C)OC(C)=O)=C/CC)CC2C)O1. The Bertz CT molecular complexity index is 883. The summed E-state index contributed by atoms with van der Waals surface area (Å²) < 4.78 is 18.1. The first-order chi connectivity index (χ1) is 19.0. The summed E-state index contributed by atoms with van der Waals surface area (Å²) >= 11 is 0. The van der Waals surface area contributed by atoms with Gasteiger partial charge in [0.25, 0.3) is 0 Å². The highest BCUT2D eigenvalue weighted by molar-refractivity contribution is 5.66. The molecule has 0 aromatic rings. The zero-order valence-corrected chi connectivity index (χ0v) is 26.3. The highest BCUT2D eigenvalue weighted by Crippen LogP contribution is 2.32. The number of allylic oxidation sites excluding steroid dienone is 4. The second kappa shape index (κ2) is 17.5. The molecule has 0 aromatic carbocycles. The Balaban J connectivity index is 1.87. The van der Waals surface area contributed by atoms with Crippen LogP contribution in [0.2, 0.25) is 0 Å². The first-order valence-corrected chi connectivity index (χ1v) is 15.6. The van der Waals surface area contributed by atoms with Crippen molar-refractivity contribution in [2.75, 3.05) is 0 Å². The van der Waals surface area contributed by atoms with Crippen molar-refractivity contribution in [2.45, 2.75) is 137 Å². The summed E-state index contributed by atoms with van der Waals surface area (Å²) in [5.74, 6) is 1.83. The molecule has 0 aliphatic carbocycles. The van der Waals surface area contributed by atoms with E-state index < -0.39 is 0 Å². The zero-order chi connectivity index (χ0) is 29.7. The Labute approximate surface area is 244 Å². The van der Waals surface area contributed by atoms with Gasteiger partial charge in [-0.3, -0.25) is 4.79 Å². The molecule has 9 unspecified atom stereocenters. The minimum Gasteiger partial charge on any atom is -0.459 e. The average Bonchev–Trinajstić information content (AvgIpc) is 2.88. The molecule has 40 heavy (non-hydrogen) atoms. The van der Waals surface area contributed by atoms with E-state index in [4.69, 9.17) is 19.9 Å². The summed E-state index contributed by atoms with van der Waals surface area (Å²) in [5.41, 5.74) is 7.08.